The van der Waals surface area contributed by atoms with Crippen LogP contribution in [0.15, 0.2) is 0 Å². The zero-order valence-corrected chi connectivity index (χ0v) is 5.82. The summed E-state index contributed by atoms with van der Waals surface area (Å²) >= 11 is 0. The highest BCUT2D eigenvalue weighted by atomic mass is 16.4. The Labute approximate surface area is 59.1 Å². The fourth-order valence-electron chi connectivity index (χ4n) is 1.11. The van der Waals surface area contributed by atoms with Crippen molar-refractivity contribution in [1.29, 1.82) is 0 Å². The van der Waals surface area contributed by atoms with Crippen molar-refractivity contribution >= 4 is 6.09 Å². The number of hydrogen-bond donors (Lipinski definition) is 2. The van der Waals surface area contributed by atoms with Crippen LogP contribution in [0.25, 0.3) is 0 Å². The van der Waals surface area contributed by atoms with Crippen LogP contribution >= 0.6 is 0 Å². The Bertz CT molecular complexity index is 138. The van der Waals surface area contributed by atoms with Gasteiger partial charge in [0.05, 0.1) is 12.6 Å². The summed E-state index contributed by atoms with van der Waals surface area (Å²) in [6.07, 6.45) is -1.42. The maximum atomic E-state index is 10.3. The van der Waals surface area contributed by atoms with E-state index in [2.05, 4.69) is 0 Å². The summed E-state index contributed by atoms with van der Waals surface area (Å²) < 4.78 is 0. The number of nitrogens with zero attached hydrogens (tertiary/aromatic N) is 1. The molecule has 0 aromatic rings. The highest BCUT2D eigenvalue weighted by Crippen LogP contribution is 2.15. The Kier molecular flexibility index (Phi) is 1.80. The van der Waals surface area contributed by atoms with Gasteiger partial charge in [-0.05, 0) is 0 Å². The van der Waals surface area contributed by atoms with Crippen molar-refractivity contribution < 1.29 is 15.0 Å². The van der Waals surface area contributed by atoms with Crippen molar-refractivity contribution in [3.63, 3.8) is 0 Å². The van der Waals surface area contributed by atoms with Crippen LogP contribution in [0, 0.1) is 5.92 Å². The molecule has 1 saturated heterocycles. The van der Waals surface area contributed by atoms with Crippen molar-refractivity contribution in [3.05, 3.63) is 0 Å². The zero-order valence-electron chi connectivity index (χ0n) is 5.82. The van der Waals surface area contributed by atoms with E-state index in [-0.39, 0.29) is 12.5 Å². The van der Waals surface area contributed by atoms with E-state index in [1.54, 1.807) is 0 Å². The lowest BCUT2D eigenvalue weighted by atomic mass is 10.1. The van der Waals surface area contributed by atoms with Crippen LogP contribution in [-0.2, 0) is 0 Å². The van der Waals surface area contributed by atoms with Crippen LogP contribution in [0.2, 0.25) is 0 Å². The minimum atomic E-state index is -0.941. The Morgan fingerprint density at radius 2 is 2.20 bits per heavy atom. The van der Waals surface area contributed by atoms with Crippen LogP contribution in [0.4, 0.5) is 4.79 Å². The molecule has 1 aliphatic heterocycles. The van der Waals surface area contributed by atoms with Gasteiger partial charge in [-0.3, -0.25) is 0 Å². The second kappa shape index (κ2) is 2.46. The van der Waals surface area contributed by atoms with E-state index in [1.807, 2.05) is 6.92 Å². The van der Waals surface area contributed by atoms with Crippen LogP contribution < -0.4 is 0 Å². The third kappa shape index (κ3) is 1.21. The topological polar surface area (TPSA) is 60.8 Å². The highest BCUT2D eigenvalue weighted by Gasteiger charge is 2.30. The second-order valence-corrected chi connectivity index (χ2v) is 2.73. The first-order valence-electron chi connectivity index (χ1n) is 3.27. The molecule has 2 atom stereocenters. The first-order valence-corrected chi connectivity index (χ1v) is 3.27. The van der Waals surface area contributed by atoms with Gasteiger partial charge in [0.1, 0.15) is 0 Å². The lowest BCUT2D eigenvalue weighted by molar-refractivity contribution is 0.134. The fraction of sp³-hybridized carbons (Fsp3) is 0.833. The zero-order chi connectivity index (χ0) is 7.72. The third-order valence-corrected chi connectivity index (χ3v) is 1.84. The molecule has 0 bridgehead atoms. The predicted molar refractivity (Wildman–Crippen MR) is 34.8 cm³/mol. The minimum absolute atomic E-state index is 0.0797. The van der Waals surface area contributed by atoms with E-state index < -0.39 is 12.2 Å². The van der Waals surface area contributed by atoms with Gasteiger partial charge in [-0.1, -0.05) is 6.92 Å². The maximum absolute atomic E-state index is 10.3. The molecule has 1 fully saturated rings. The summed E-state index contributed by atoms with van der Waals surface area (Å²) in [7, 11) is 0. The number of rotatable bonds is 0. The number of likely N-dealkylation sites (tertiary alicyclic amines) is 1. The van der Waals surface area contributed by atoms with Crippen molar-refractivity contribution in [2.75, 3.05) is 13.1 Å². The molecule has 4 heteroatoms. The van der Waals surface area contributed by atoms with Gasteiger partial charge in [0.25, 0.3) is 0 Å². The monoisotopic (exact) mass is 145 g/mol. The molecule has 0 unspecified atom stereocenters. The molecule has 1 aliphatic rings. The molecule has 10 heavy (non-hydrogen) atoms. The highest BCUT2D eigenvalue weighted by molar-refractivity contribution is 5.65. The molecule has 0 radical (unpaired) electrons. The van der Waals surface area contributed by atoms with Crippen LogP contribution in [0.3, 0.4) is 0 Å². The average molecular weight is 145 g/mol. The molecule has 0 aromatic heterocycles. The summed E-state index contributed by atoms with van der Waals surface area (Å²) in [5, 5.41) is 17.6. The van der Waals surface area contributed by atoms with Gasteiger partial charge in [0.15, 0.2) is 0 Å². The predicted octanol–water partition coefficient (Wildman–Crippen LogP) is -0.0230. The van der Waals surface area contributed by atoms with E-state index in [9.17, 15) is 4.79 Å². The Hall–Kier alpha value is -0.770. The van der Waals surface area contributed by atoms with Crippen LogP contribution in [-0.4, -0.2) is 40.4 Å². The number of carbonyl (C=O) groups is 1. The summed E-state index contributed by atoms with van der Waals surface area (Å²) in [5.41, 5.74) is 0. The largest absolute Gasteiger partial charge is 0.465 e. The SMILES string of the molecule is C[C@@H]1CN(C(=O)O)C[C@H]1O. The number of aliphatic hydroxyl groups excluding tert-OH is 1. The second-order valence-electron chi connectivity index (χ2n) is 2.73. The van der Waals surface area contributed by atoms with E-state index >= 15 is 0 Å². The summed E-state index contributed by atoms with van der Waals surface area (Å²) in [5.74, 6) is 0.0797. The van der Waals surface area contributed by atoms with Crippen LogP contribution in [0.5, 0.6) is 0 Å². The van der Waals surface area contributed by atoms with Crippen molar-refractivity contribution in [2.45, 2.75) is 13.0 Å². The molecule has 0 aromatic carbocycles. The summed E-state index contributed by atoms with van der Waals surface area (Å²) in [6, 6.07) is 0. The van der Waals surface area contributed by atoms with Crippen molar-refractivity contribution in [3.8, 4) is 0 Å². The van der Waals surface area contributed by atoms with Crippen molar-refractivity contribution in [2.24, 2.45) is 5.92 Å². The first-order chi connectivity index (χ1) is 4.61. The van der Waals surface area contributed by atoms with E-state index in [4.69, 9.17) is 10.2 Å². The van der Waals surface area contributed by atoms with Gasteiger partial charge < -0.3 is 15.1 Å². The Morgan fingerprint density at radius 3 is 2.40 bits per heavy atom. The smallest absolute Gasteiger partial charge is 0.407 e. The minimum Gasteiger partial charge on any atom is -0.465 e. The summed E-state index contributed by atoms with van der Waals surface area (Å²) in [4.78, 5) is 11.5. The van der Waals surface area contributed by atoms with Gasteiger partial charge >= 0.3 is 6.09 Å². The first kappa shape index (κ1) is 7.34. The maximum Gasteiger partial charge on any atom is 0.407 e. The number of β-amino-alcohol motifs (C(OH)–C–C–N with tert-alkyl or cyclic N) is 1. The number of hydrogen-bond acceptors (Lipinski definition) is 2. The van der Waals surface area contributed by atoms with Crippen molar-refractivity contribution in [1.82, 2.24) is 4.90 Å². The van der Waals surface area contributed by atoms with Gasteiger partial charge in [-0.15, -0.1) is 0 Å². The van der Waals surface area contributed by atoms with Gasteiger partial charge in [0.2, 0.25) is 0 Å². The normalized spacial score (nSPS) is 32.8. The molecule has 1 rings (SSSR count). The molecule has 1 amide bonds. The standard InChI is InChI=1S/C6H11NO3/c1-4-2-7(6(9)10)3-5(4)8/h4-5,8H,2-3H2,1H3,(H,9,10)/t4-,5-/m1/s1. The summed E-state index contributed by atoms with van der Waals surface area (Å²) in [6.45, 7) is 2.56. The molecule has 0 saturated carbocycles. The number of amides is 1. The number of aliphatic hydroxyl groups is 1. The Morgan fingerprint density at radius 1 is 1.60 bits per heavy atom. The average Bonchev–Trinajstić information content (AvgIpc) is 2.13. The molecular weight excluding hydrogens is 134 g/mol. The van der Waals surface area contributed by atoms with E-state index in [0.29, 0.717) is 6.54 Å². The molecule has 0 spiro atoms. The lowest BCUT2D eigenvalue weighted by Crippen LogP contribution is -2.27. The Balaban J connectivity index is 2.49. The molecule has 4 nitrogen and oxygen atoms in total. The van der Waals surface area contributed by atoms with Gasteiger partial charge in [-0.2, -0.15) is 0 Å². The lowest BCUT2D eigenvalue weighted by Gasteiger charge is -2.08. The van der Waals surface area contributed by atoms with Gasteiger partial charge in [-0.25, -0.2) is 4.79 Å². The van der Waals surface area contributed by atoms with E-state index in [1.165, 1.54) is 4.90 Å². The van der Waals surface area contributed by atoms with Crippen LogP contribution in [0.1, 0.15) is 6.92 Å². The number of carboxylic acid groups (broad SMARTS) is 1. The third-order valence-electron chi connectivity index (χ3n) is 1.84. The molecular formula is C6H11NO3. The van der Waals surface area contributed by atoms with Gasteiger partial charge in [0, 0.05) is 12.5 Å². The quantitative estimate of drug-likeness (QED) is 0.503. The molecule has 58 valence electrons. The molecule has 1 heterocycles. The molecule has 0 aliphatic carbocycles. The molecule has 2 N–H and O–H groups in total. The fourth-order valence-corrected chi connectivity index (χ4v) is 1.11. The van der Waals surface area contributed by atoms with E-state index in [0.717, 1.165) is 0 Å².